The van der Waals surface area contributed by atoms with Crippen molar-refractivity contribution in [2.75, 3.05) is 27.3 Å². The van der Waals surface area contributed by atoms with Crippen molar-refractivity contribution in [3.05, 3.63) is 17.7 Å². The van der Waals surface area contributed by atoms with Gasteiger partial charge in [-0.25, -0.2) is 0 Å². The summed E-state index contributed by atoms with van der Waals surface area (Å²) < 4.78 is 10.5. The second-order valence-corrected chi connectivity index (χ2v) is 3.43. The maximum atomic E-state index is 9.77. The van der Waals surface area contributed by atoms with Gasteiger partial charge in [-0.1, -0.05) is 0 Å². The van der Waals surface area contributed by atoms with Crippen LogP contribution in [0.1, 0.15) is 12.5 Å². The fourth-order valence-corrected chi connectivity index (χ4v) is 1.52. The highest BCUT2D eigenvalue weighted by molar-refractivity contribution is 5.53. The number of aromatic hydroxyl groups is 1. The predicted molar refractivity (Wildman–Crippen MR) is 63.5 cm³/mol. The summed E-state index contributed by atoms with van der Waals surface area (Å²) in [5.41, 5.74) is 1.02. The summed E-state index contributed by atoms with van der Waals surface area (Å²) in [5.74, 6) is 1.12. The van der Waals surface area contributed by atoms with Crippen LogP contribution in [0.15, 0.2) is 12.1 Å². The average Bonchev–Trinajstić information content (AvgIpc) is 2.26. The molecule has 4 heteroatoms. The lowest BCUT2D eigenvalue weighted by molar-refractivity contribution is 0.300. The second kappa shape index (κ2) is 6.23. The molecule has 90 valence electrons. The molecule has 0 aliphatic heterocycles. The minimum Gasteiger partial charge on any atom is -0.504 e. The van der Waals surface area contributed by atoms with E-state index in [2.05, 4.69) is 5.32 Å². The molecule has 1 aromatic rings. The Labute approximate surface area is 96.2 Å². The molecule has 0 bridgehead atoms. The molecule has 16 heavy (non-hydrogen) atoms. The first-order valence-corrected chi connectivity index (χ1v) is 5.40. The topological polar surface area (TPSA) is 50.7 Å². The summed E-state index contributed by atoms with van der Waals surface area (Å²) in [7, 11) is 3.41. The Hall–Kier alpha value is -1.42. The molecule has 0 fully saturated rings. The monoisotopic (exact) mass is 225 g/mol. The number of hydrogen-bond acceptors (Lipinski definition) is 4. The van der Waals surface area contributed by atoms with Crippen molar-refractivity contribution in [3.8, 4) is 17.2 Å². The van der Waals surface area contributed by atoms with Gasteiger partial charge in [-0.15, -0.1) is 0 Å². The van der Waals surface area contributed by atoms with Crippen molar-refractivity contribution < 1.29 is 14.6 Å². The van der Waals surface area contributed by atoms with E-state index in [0.717, 1.165) is 18.5 Å². The first-order chi connectivity index (χ1) is 7.72. The largest absolute Gasteiger partial charge is 0.504 e. The molecule has 0 unspecified atom stereocenters. The van der Waals surface area contributed by atoms with E-state index in [4.69, 9.17) is 9.47 Å². The third-order valence-electron chi connectivity index (χ3n) is 2.26. The molecule has 1 rings (SSSR count). The van der Waals surface area contributed by atoms with Crippen LogP contribution in [-0.2, 0) is 6.42 Å². The summed E-state index contributed by atoms with van der Waals surface area (Å²) in [6.45, 7) is 3.30. The van der Waals surface area contributed by atoms with Gasteiger partial charge in [0.05, 0.1) is 13.7 Å². The Morgan fingerprint density at radius 2 is 2.12 bits per heavy atom. The fraction of sp³-hybridized carbons (Fsp3) is 0.500. The van der Waals surface area contributed by atoms with Crippen LogP contribution in [0, 0.1) is 0 Å². The number of phenolic OH excluding ortho intramolecular Hbond substituents is 1. The zero-order chi connectivity index (χ0) is 12.0. The number of nitrogens with one attached hydrogen (secondary N) is 1. The van der Waals surface area contributed by atoms with Gasteiger partial charge in [-0.3, -0.25) is 0 Å². The molecule has 0 atom stereocenters. The van der Waals surface area contributed by atoms with E-state index < -0.39 is 0 Å². The van der Waals surface area contributed by atoms with Crippen molar-refractivity contribution in [1.29, 1.82) is 0 Å². The predicted octanol–water partition coefficient (Wildman–Crippen LogP) is 1.56. The molecule has 0 aromatic heterocycles. The molecule has 0 saturated carbocycles. The number of ether oxygens (including phenoxy) is 2. The van der Waals surface area contributed by atoms with Crippen LogP contribution in [-0.4, -0.2) is 32.4 Å². The van der Waals surface area contributed by atoms with E-state index in [1.807, 2.05) is 20.0 Å². The summed E-state index contributed by atoms with van der Waals surface area (Å²) in [6.07, 6.45) is 0.841. The maximum Gasteiger partial charge on any atom is 0.203 e. The Kier molecular flexibility index (Phi) is 4.92. The van der Waals surface area contributed by atoms with Gasteiger partial charge in [0, 0.05) is 0 Å². The summed E-state index contributed by atoms with van der Waals surface area (Å²) >= 11 is 0. The molecular weight excluding hydrogens is 206 g/mol. The van der Waals surface area contributed by atoms with E-state index in [0.29, 0.717) is 18.1 Å². The zero-order valence-electron chi connectivity index (χ0n) is 10.0. The lowest BCUT2D eigenvalue weighted by Crippen LogP contribution is -2.10. The Morgan fingerprint density at radius 1 is 1.38 bits per heavy atom. The maximum absolute atomic E-state index is 9.77. The highest BCUT2D eigenvalue weighted by Crippen LogP contribution is 2.37. The first-order valence-electron chi connectivity index (χ1n) is 5.40. The van der Waals surface area contributed by atoms with E-state index in [1.54, 1.807) is 6.07 Å². The van der Waals surface area contributed by atoms with Crippen LogP contribution in [0.25, 0.3) is 0 Å². The van der Waals surface area contributed by atoms with Gasteiger partial charge in [0.2, 0.25) is 5.75 Å². The molecular formula is C12H19NO3. The van der Waals surface area contributed by atoms with Crippen molar-refractivity contribution in [1.82, 2.24) is 5.32 Å². The number of hydrogen-bond donors (Lipinski definition) is 2. The van der Waals surface area contributed by atoms with Gasteiger partial charge in [0.1, 0.15) is 0 Å². The highest BCUT2D eigenvalue weighted by atomic mass is 16.5. The van der Waals surface area contributed by atoms with Crippen molar-refractivity contribution in [2.24, 2.45) is 0 Å². The van der Waals surface area contributed by atoms with Gasteiger partial charge in [-0.2, -0.15) is 0 Å². The third kappa shape index (κ3) is 3.03. The molecule has 0 saturated heterocycles. The minimum absolute atomic E-state index is 0.125. The number of rotatable bonds is 6. The summed E-state index contributed by atoms with van der Waals surface area (Å²) in [4.78, 5) is 0. The van der Waals surface area contributed by atoms with Crippen LogP contribution in [0.4, 0.5) is 0 Å². The molecule has 0 aliphatic carbocycles. The first kappa shape index (κ1) is 12.6. The summed E-state index contributed by atoms with van der Waals surface area (Å²) in [6, 6.07) is 3.61. The van der Waals surface area contributed by atoms with E-state index in [1.165, 1.54) is 7.11 Å². The molecule has 0 heterocycles. The van der Waals surface area contributed by atoms with Crippen molar-refractivity contribution in [2.45, 2.75) is 13.3 Å². The van der Waals surface area contributed by atoms with Gasteiger partial charge in [0.25, 0.3) is 0 Å². The molecule has 0 spiro atoms. The Bertz CT molecular complexity index is 339. The standard InChI is InChI=1S/C12H19NO3/c1-4-16-11-8-9(5-6-13-2)7-10(14)12(11)15-3/h7-8,13-14H,4-6H2,1-3H3. The van der Waals surface area contributed by atoms with E-state index >= 15 is 0 Å². The molecule has 0 amide bonds. The van der Waals surface area contributed by atoms with E-state index in [9.17, 15) is 5.11 Å². The number of likely N-dealkylation sites (N-methyl/N-ethyl adjacent to an activating group) is 1. The van der Waals surface area contributed by atoms with Gasteiger partial charge < -0.3 is 19.9 Å². The van der Waals surface area contributed by atoms with Crippen LogP contribution in [0.5, 0.6) is 17.2 Å². The van der Waals surface area contributed by atoms with Crippen LogP contribution in [0.2, 0.25) is 0 Å². The van der Waals surface area contributed by atoms with Gasteiger partial charge in [0.15, 0.2) is 11.5 Å². The fourth-order valence-electron chi connectivity index (χ4n) is 1.52. The van der Waals surface area contributed by atoms with Crippen LogP contribution < -0.4 is 14.8 Å². The van der Waals surface area contributed by atoms with Crippen LogP contribution in [0.3, 0.4) is 0 Å². The minimum atomic E-state index is 0.125. The molecule has 2 N–H and O–H groups in total. The number of phenols is 1. The Morgan fingerprint density at radius 3 is 2.69 bits per heavy atom. The van der Waals surface area contributed by atoms with Gasteiger partial charge in [-0.05, 0) is 44.6 Å². The SMILES string of the molecule is CCOc1cc(CCNC)cc(O)c1OC. The summed E-state index contributed by atoms with van der Waals surface area (Å²) in [5, 5.41) is 12.8. The molecule has 0 radical (unpaired) electrons. The quantitative estimate of drug-likeness (QED) is 0.771. The third-order valence-corrected chi connectivity index (χ3v) is 2.26. The lowest BCUT2D eigenvalue weighted by Gasteiger charge is -2.12. The lowest BCUT2D eigenvalue weighted by atomic mass is 10.1. The normalized spacial score (nSPS) is 10.2. The number of benzene rings is 1. The van der Waals surface area contributed by atoms with Crippen molar-refractivity contribution >= 4 is 0 Å². The average molecular weight is 225 g/mol. The van der Waals surface area contributed by atoms with Crippen molar-refractivity contribution in [3.63, 3.8) is 0 Å². The second-order valence-electron chi connectivity index (χ2n) is 3.43. The molecule has 4 nitrogen and oxygen atoms in total. The zero-order valence-corrected chi connectivity index (χ0v) is 10.0. The highest BCUT2D eigenvalue weighted by Gasteiger charge is 2.11. The molecule has 1 aromatic carbocycles. The van der Waals surface area contributed by atoms with E-state index in [-0.39, 0.29) is 5.75 Å². The van der Waals surface area contributed by atoms with Crippen LogP contribution >= 0.6 is 0 Å². The smallest absolute Gasteiger partial charge is 0.203 e. The molecule has 0 aliphatic rings. The Balaban J connectivity index is 2.97. The van der Waals surface area contributed by atoms with Gasteiger partial charge >= 0.3 is 0 Å². The number of methoxy groups -OCH3 is 1.